The summed E-state index contributed by atoms with van der Waals surface area (Å²) >= 11 is 0. The zero-order valence-electron chi connectivity index (χ0n) is 9.87. The Bertz CT molecular complexity index is 154. The van der Waals surface area contributed by atoms with Gasteiger partial charge in [0.15, 0.2) is 0 Å². The molecular weight excluding hydrogens is 174 g/mol. The van der Waals surface area contributed by atoms with E-state index in [1.54, 1.807) is 0 Å². The largest absolute Gasteiger partial charge is 0.393 e. The molecule has 1 N–H and O–H groups in total. The molecule has 0 saturated carbocycles. The lowest BCUT2D eigenvalue weighted by atomic mass is 10.0. The third-order valence-electron chi connectivity index (χ3n) is 3.66. The van der Waals surface area contributed by atoms with Crippen molar-refractivity contribution in [2.75, 3.05) is 19.6 Å². The van der Waals surface area contributed by atoms with E-state index in [1.807, 2.05) is 6.92 Å². The maximum atomic E-state index is 9.49. The molecule has 0 spiro atoms. The van der Waals surface area contributed by atoms with Crippen LogP contribution >= 0.6 is 0 Å². The Hall–Kier alpha value is -0.0800. The molecular formula is C12H25NO. The topological polar surface area (TPSA) is 23.5 Å². The van der Waals surface area contributed by atoms with Crippen molar-refractivity contribution in [2.24, 2.45) is 11.8 Å². The molecule has 84 valence electrons. The molecule has 2 unspecified atom stereocenters. The highest BCUT2D eigenvalue weighted by molar-refractivity contribution is 4.79. The Balaban J connectivity index is 2.28. The van der Waals surface area contributed by atoms with Gasteiger partial charge in [0.25, 0.3) is 0 Å². The van der Waals surface area contributed by atoms with E-state index in [1.165, 1.54) is 32.4 Å². The van der Waals surface area contributed by atoms with Crippen molar-refractivity contribution in [1.82, 2.24) is 4.90 Å². The van der Waals surface area contributed by atoms with E-state index in [4.69, 9.17) is 0 Å². The Kier molecular flexibility index (Phi) is 4.90. The summed E-state index contributed by atoms with van der Waals surface area (Å²) in [5, 5.41) is 9.49. The molecule has 0 aromatic heterocycles. The van der Waals surface area contributed by atoms with Crippen LogP contribution in [0.1, 0.15) is 40.0 Å². The minimum atomic E-state index is -0.123. The molecule has 0 aromatic rings. The van der Waals surface area contributed by atoms with Crippen LogP contribution in [0.15, 0.2) is 0 Å². The van der Waals surface area contributed by atoms with Gasteiger partial charge in [-0.05, 0) is 31.7 Å². The van der Waals surface area contributed by atoms with Gasteiger partial charge in [-0.25, -0.2) is 0 Å². The highest BCUT2D eigenvalue weighted by atomic mass is 16.3. The number of hydrogen-bond donors (Lipinski definition) is 1. The van der Waals surface area contributed by atoms with Crippen LogP contribution in [0, 0.1) is 11.8 Å². The first kappa shape index (κ1) is 12.0. The first-order valence-electron chi connectivity index (χ1n) is 6.07. The van der Waals surface area contributed by atoms with Gasteiger partial charge in [0.2, 0.25) is 0 Å². The maximum absolute atomic E-state index is 9.49. The third-order valence-corrected chi connectivity index (χ3v) is 3.66. The number of nitrogens with zero attached hydrogens (tertiary/aromatic N) is 1. The van der Waals surface area contributed by atoms with Crippen LogP contribution in [0.2, 0.25) is 0 Å². The van der Waals surface area contributed by atoms with Crippen LogP contribution in [0.5, 0.6) is 0 Å². The van der Waals surface area contributed by atoms with Gasteiger partial charge >= 0.3 is 0 Å². The molecule has 0 aliphatic carbocycles. The number of likely N-dealkylation sites (tertiary alicyclic amines) is 1. The van der Waals surface area contributed by atoms with Gasteiger partial charge in [0.1, 0.15) is 0 Å². The first-order valence-corrected chi connectivity index (χ1v) is 6.07. The summed E-state index contributed by atoms with van der Waals surface area (Å²) < 4.78 is 0. The molecule has 1 fully saturated rings. The van der Waals surface area contributed by atoms with Gasteiger partial charge in [0, 0.05) is 13.1 Å². The molecule has 2 nitrogen and oxygen atoms in total. The third kappa shape index (κ3) is 3.25. The molecule has 14 heavy (non-hydrogen) atoms. The summed E-state index contributed by atoms with van der Waals surface area (Å²) in [6.45, 7) is 9.99. The van der Waals surface area contributed by atoms with E-state index < -0.39 is 0 Å². The molecule has 0 amide bonds. The zero-order valence-corrected chi connectivity index (χ0v) is 9.87. The van der Waals surface area contributed by atoms with Crippen LogP contribution in [0.4, 0.5) is 0 Å². The second kappa shape index (κ2) is 5.72. The summed E-state index contributed by atoms with van der Waals surface area (Å²) in [6.07, 6.45) is 3.62. The highest BCUT2D eigenvalue weighted by Gasteiger charge is 2.26. The summed E-state index contributed by atoms with van der Waals surface area (Å²) in [4.78, 5) is 2.52. The van der Waals surface area contributed by atoms with E-state index in [-0.39, 0.29) is 6.10 Å². The number of aliphatic hydroxyl groups excluding tert-OH is 1. The predicted octanol–water partition coefficient (Wildman–Crippen LogP) is 2.13. The van der Waals surface area contributed by atoms with Crippen LogP contribution < -0.4 is 0 Å². The van der Waals surface area contributed by atoms with Gasteiger partial charge in [-0.2, -0.15) is 0 Å². The van der Waals surface area contributed by atoms with Crippen molar-refractivity contribution in [3.05, 3.63) is 0 Å². The van der Waals surface area contributed by atoms with Crippen molar-refractivity contribution in [2.45, 2.75) is 46.1 Å². The lowest BCUT2D eigenvalue weighted by molar-refractivity contribution is 0.125. The molecule has 0 bridgehead atoms. The lowest BCUT2D eigenvalue weighted by Gasteiger charge is -2.22. The maximum Gasteiger partial charge on any atom is 0.0552 e. The Morgan fingerprint density at radius 2 is 2.00 bits per heavy atom. The lowest BCUT2D eigenvalue weighted by Crippen LogP contribution is -2.28. The summed E-state index contributed by atoms with van der Waals surface area (Å²) in [5.41, 5.74) is 0. The molecule has 0 aromatic carbocycles. The number of hydrogen-bond acceptors (Lipinski definition) is 2. The van der Waals surface area contributed by atoms with Crippen molar-refractivity contribution >= 4 is 0 Å². The average molecular weight is 199 g/mol. The van der Waals surface area contributed by atoms with E-state index in [2.05, 4.69) is 18.7 Å². The molecule has 1 aliphatic rings. The zero-order chi connectivity index (χ0) is 10.6. The summed E-state index contributed by atoms with van der Waals surface area (Å²) in [7, 11) is 0. The van der Waals surface area contributed by atoms with Gasteiger partial charge in [-0.3, -0.25) is 0 Å². The molecule has 1 aliphatic heterocycles. The molecule has 1 heterocycles. The minimum Gasteiger partial charge on any atom is -0.393 e. The normalized spacial score (nSPS) is 25.9. The smallest absolute Gasteiger partial charge is 0.0552 e. The molecule has 2 heteroatoms. The second-order valence-electron chi connectivity index (χ2n) is 4.73. The summed E-state index contributed by atoms with van der Waals surface area (Å²) in [6, 6.07) is 0. The molecule has 2 atom stereocenters. The fraction of sp³-hybridized carbons (Fsp3) is 1.00. The van der Waals surface area contributed by atoms with Crippen LogP contribution in [-0.4, -0.2) is 35.7 Å². The van der Waals surface area contributed by atoms with E-state index in [0.717, 1.165) is 12.5 Å². The SMILES string of the molecule is CCC(CC)CN1CCC(C(C)O)C1. The molecule has 1 rings (SSSR count). The van der Waals surface area contributed by atoms with Gasteiger partial charge in [-0.1, -0.05) is 26.7 Å². The number of rotatable bonds is 5. The second-order valence-corrected chi connectivity index (χ2v) is 4.73. The van der Waals surface area contributed by atoms with E-state index in [9.17, 15) is 5.11 Å². The van der Waals surface area contributed by atoms with Gasteiger partial charge < -0.3 is 10.0 Å². The van der Waals surface area contributed by atoms with Crippen LogP contribution in [0.3, 0.4) is 0 Å². The van der Waals surface area contributed by atoms with E-state index in [0.29, 0.717) is 5.92 Å². The molecule has 1 saturated heterocycles. The van der Waals surface area contributed by atoms with Crippen molar-refractivity contribution in [3.63, 3.8) is 0 Å². The molecule has 0 radical (unpaired) electrons. The number of aliphatic hydroxyl groups is 1. The Labute approximate surface area is 88.3 Å². The van der Waals surface area contributed by atoms with E-state index >= 15 is 0 Å². The first-order chi connectivity index (χ1) is 6.67. The summed E-state index contributed by atoms with van der Waals surface area (Å²) in [5.74, 6) is 1.37. The highest BCUT2D eigenvalue weighted by Crippen LogP contribution is 2.21. The van der Waals surface area contributed by atoms with Crippen molar-refractivity contribution in [3.8, 4) is 0 Å². The van der Waals surface area contributed by atoms with Crippen molar-refractivity contribution < 1.29 is 5.11 Å². The minimum absolute atomic E-state index is 0.123. The van der Waals surface area contributed by atoms with Crippen LogP contribution in [0.25, 0.3) is 0 Å². The van der Waals surface area contributed by atoms with Gasteiger partial charge in [-0.15, -0.1) is 0 Å². The standard InChI is InChI=1S/C12H25NO/c1-4-11(5-2)8-13-7-6-12(9-13)10(3)14/h10-12,14H,4-9H2,1-3H3. The van der Waals surface area contributed by atoms with Gasteiger partial charge in [0.05, 0.1) is 6.10 Å². The quantitative estimate of drug-likeness (QED) is 0.733. The van der Waals surface area contributed by atoms with Crippen molar-refractivity contribution in [1.29, 1.82) is 0 Å². The average Bonchev–Trinajstić information content (AvgIpc) is 2.62. The monoisotopic (exact) mass is 199 g/mol. The van der Waals surface area contributed by atoms with Crippen LogP contribution in [-0.2, 0) is 0 Å². The Morgan fingerprint density at radius 3 is 2.43 bits per heavy atom. The fourth-order valence-corrected chi connectivity index (χ4v) is 2.33. The Morgan fingerprint density at radius 1 is 1.36 bits per heavy atom. The predicted molar refractivity (Wildman–Crippen MR) is 60.3 cm³/mol. The fourth-order valence-electron chi connectivity index (χ4n) is 2.33.